The zero-order chi connectivity index (χ0) is 14.0. The van der Waals surface area contributed by atoms with Crippen molar-refractivity contribution in [1.82, 2.24) is 0 Å². The molecule has 0 aliphatic heterocycles. The van der Waals surface area contributed by atoms with Crippen molar-refractivity contribution in [3.8, 4) is 0 Å². The van der Waals surface area contributed by atoms with E-state index in [1.165, 1.54) is 6.08 Å². The molecule has 0 radical (unpaired) electrons. The summed E-state index contributed by atoms with van der Waals surface area (Å²) in [4.78, 5) is 22.8. The first-order chi connectivity index (χ1) is 9.60. The first-order valence-corrected chi connectivity index (χ1v) is 7.66. The molecule has 108 valence electrons. The SMILES string of the molecule is C=CC(=O)OC1CC2CC1C1C3CC(CC3C(=O)O)C21. The van der Waals surface area contributed by atoms with E-state index in [2.05, 4.69) is 6.58 Å². The molecule has 8 atom stereocenters. The third-order valence-electron chi connectivity index (χ3n) is 6.51. The fourth-order valence-electron chi connectivity index (χ4n) is 6.16. The zero-order valence-corrected chi connectivity index (χ0v) is 11.4. The molecule has 4 bridgehead atoms. The van der Waals surface area contributed by atoms with Crippen molar-refractivity contribution in [2.24, 2.45) is 41.4 Å². The summed E-state index contributed by atoms with van der Waals surface area (Å²) in [5.74, 6) is 2.05. The molecule has 1 N–H and O–H groups in total. The molecule has 4 rings (SSSR count). The monoisotopic (exact) mass is 276 g/mol. The summed E-state index contributed by atoms with van der Waals surface area (Å²) in [6, 6.07) is 0. The first-order valence-electron chi connectivity index (χ1n) is 7.66. The van der Waals surface area contributed by atoms with Crippen molar-refractivity contribution in [2.45, 2.75) is 31.8 Å². The minimum Gasteiger partial charge on any atom is -0.481 e. The number of hydrogen-bond acceptors (Lipinski definition) is 3. The van der Waals surface area contributed by atoms with E-state index in [-0.39, 0.29) is 18.0 Å². The first kappa shape index (κ1) is 12.4. The third kappa shape index (κ3) is 1.48. The van der Waals surface area contributed by atoms with Crippen LogP contribution >= 0.6 is 0 Å². The summed E-state index contributed by atoms with van der Waals surface area (Å²) in [7, 11) is 0. The van der Waals surface area contributed by atoms with Crippen molar-refractivity contribution in [3.63, 3.8) is 0 Å². The number of carbonyl (C=O) groups excluding carboxylic acids is 1. The molecule has 20 heavy (non-hydrogen) atoms. The van der Waals surface area contributed by atoms with E-state index in [0.29, 0.717) is 35.5 Å². The Morgan fingerprint density at radius 2 is 1.75 bits per heavy atom. The average Bonchev–Trinajstić information content (AvgIpc) is 3.14. The van der Waals surface area contributed by atoms with Crippen molar-refractivity contribution >= 4 is 11.9 Å². The lowest BCUT2D eigenvalue weighted by Gasteiger charge is -2.40. The van der Waals surface area contributed by atoms with Gasteiger partial charge in [0.1, 0.15) is 6.10 Å². The van der Waals surface area contributed by atoms with Gasteiger partial charge in [-0.1, -0.05) is 6.58 Å². The minimum atomic E-state index is -0.627. The van der Waals surface area contributed by atoms with Gasteiger partial charge in [0, 0.05) is 6.08 Å². The number of fused-ring (bicyclic) bond motifs is 9. The Hall–Kier alpha value is -1.32. The van der Waals surface area contributed by atoms with E-state index in [0.717, 1.165) is 25.7 Å². The van der Waals surface area contributed by atoms with Gasteiger partial charge < -0.3 is 9.84 Å². The Labute approximate surface area is 118 Å². The number of ether oxygens (including phenoxy) is 1. The van der Waals surface area contributed by atoms with Gasteiger partial charge in [-0.3, -0.25) is 4.79 Å². The van der Waals surface area contributed by atoms with Crippen LogP contribution < -0.4 is 0 Å². The highest BCUT2D eigenvalue weighted by Gasteiger charge is 2.66. The number of esters is 1. The molecule has 0 amide bonds. The normalized spacial score (nSPS) is 51.0. The minimum absolute atomic E-state index is 0.000505. The summed E-state index contributed by atoms with van der Waals surface area (Å²) in [6.07, 6.45) is 5.30. The van der Waals surface area contributed by atoms with E-state index in [1.54, 1.807) is 0 Å². The zero-order valence-electron chi connectivity index (χ0n) is 11.4. The molecule has 0 aromatic carbocycles. The lowest BCUT2D eigenvalue weighted by Crippen LogP contribution is -2.41. The number of carboxylic acids is 1. The molecular weight excluding hydrogens is 256 g/mol. The van der Waals surface area contributed by atoms with Crippen LogP contribution in [-0.4, -0.2) is 23.1 Å². The smallest absolute Gasteiger partial charge is 0.330 e. The number of carbonyl (C=O) groups is 2. The predicted octanol–water partition coefficient (Wildman–Crippen LogP) is 2.10. The molecule has 0 spiro atoms. The highest BCUT2D eigenvalue weighted by molar-refractivity contribution is 5.81. The predicted molar refractivity (Wildman–Crippen MR) is 70.6 cm³/mol. The molecule has 0 saturated heterocycles. The quantitative estimate of drug-likeness (QED) is 0.487. The van der Waals surface area contributed by atoms with Crippen molar-refractivity contribution in [3.05, 3.63) is 12.7 Å². The topological polar surface area (TPSA) is 63.6 Å². The Morgan fingerprint density at radius 3 is 2.45 bits per heavy atom. The van der Waals surface area contributed by atoms with E-state index in [9.17, 15) is 14.7 Å². The fourth-order valence-corrected chi connectivity index (χ4v) is 6.16. The van der Waals surface area contributed by atoms with E-state index in [4.69, 9.17) is 4.74 Å². The molecule has 0 heterocycles. The highest BCUT2D eigenvalue weighted by atomic mass is 16.5. The summed E-state index contributed by atoms with van der Waals surface area (Å²) in [5, 5.41) is 9.38. The van der Waals surface area contributed by atoms with Crippen LogP contribution in [0, 0.1) is 41.4 Å². The summed E-state index contributed by atoms with van der Waals surface area (Å²) in [5.41, 5.74) is 0. The highest BCUT2D eigenvalue weighted by Crippen LogP contribution is 2.69. The van der Waals surface area contributed by atoms with E-state index < -0.39 is 5.97 Å². The van der Waals surface area contributed by atoms with Gasteiger partial charge in [0.05, 0.1) is 5.92 Å². The maximum absolute atomic E-state index is 11.4. The van der Waals surface area contributed by atoms with Crippen LogP contribution in [0.5, 0.6) is 0 Å². The van der Waals surface area contributed by atoms with Gasteiger partial charge in [0.15, 0.2) is 0 Å². The maximum Gasteiger partial charge on any atom is 0.330 e. The van der Waals surface area contributed by atoms with Gasteiger partial charge in [0.2, 0.25) is 0 Å². The molecule has 4 fully saturated rings. The van der Waals surface area contributed by atoms with Gasteiger partial charge in [0.25, 0.3) is 0 Å². The Kier molecular flexibility index (Phi) is 2.54. The van der Waals surface area contributed by atoms with Crippen LogP contribution in [0.1, 0.15) is 25.7 Å². The molecule has 4 saturated carbocycles. The Morgan fingerprint density at radius 1 is 1.05 bits per heavy atom. The van der Waals surface area contributed by atoms with Crippen molar-refractivity contribution in [2.75, 3.05) is 0 Å². The van der Waals surface area contributed by atoms with Crippen LogP contribution in [0.3, 0.4) is 0 Å². The number of aliphatic carboxylic acids is 1. The summed E-state index contributed by atoms with van der Waals surface area (Å²) in [6.45, 7) is 3.45. The molecular formula is C16H20O4. The molecule has 0 aromatic rings. The van der Waals surface area contributed by atoms with Gasteiger partial charge >= 0.3 is 11.9 Å². The van der Waals surface area contributed by atoms with E-state index in [1.807, 2.05) is 0 Å². The second kappa shape index (κ2) is 4.09. The van der Waals surface area contributed by atoms with Crippen LogP contribution in [-0.2, 0) is 14.3 Å². The van der Waals surface area contributed by atoms with Crippen molar-refractivity contribution < 1.29 is 19.4 Å². The van der Waals surface area contributed by atoms with Gasteiger partial charge in [-0.15, -0.1) is 0 Å². The summed E-state index contributed by atoms with van der Waals surface area (Å²) >= 11 is 0. The van der Waals surface area contributed by atoms with Gasteiger partial charge in [-0.2, -0.15) is 0 Å². The van der Waals surface area contributed by atoms with Crippen molar-refractivity contribution in [1.29, 1.82) is 0 Å². The Bertz CT molecular complexity index is 485. The number of rotatable bonds is 3. The largest absolute Gasteiger partial charge is 0.481 e. The molecule has 8 unspecified atom stereocenters. The average molecular weight is 276 g/mol. The second-order valence-electron chi connectivity index (χ2n) is 7.07. The lowest BCUT2D eigenvalue weighted by molar-refractivity contribution is -0.152. The number of carboxylic acid groups (broad SMARTS) is 1. The molecule has 0 aromatic heterocycles. The molecule has 4 aliphatic carbocycles. The van der Waals surface area contributed by atoms with Crippen LogP contribution in [0.4, 0.5) is 0 Å². The van der Waals surface area contributed by atoms with Crippen LogP contribution in [0.25, 0.3) is 0 Å². The maximum atomic E-state index is 11.4. The van der Waals surface area contributed by atoms with E-state index >= 15 is 0 Å². The standard InChI is InChI=1S/C16H20O4/c1-2-13(17)20-12-6-8-5-11(12)15-9-3-7(14(8)15)4-10(9)16(18)19/h2,7-12,14-15H,1,3-6H2,(H,18,19). The molecule has 4 heteroatoms. The van der Waals surface area contributed by atoms with Gasteiger partial charge in [-0.25, -0.2) is 4.79 Å². The second-order valence-corrected chi connectivity index (χ2v) is 7.07. The van der Waals surface area contributed by atoms with Crippen LogP contribution in [0.2, 0.25) is 0 Å². The molecule has 4 aliphatic rings. The Balaban J connectivity index is 1.56. The van der Waals surface area contributed by atoms with Crippen LogP contribution in [0.15, 0.2) is 12.7 Å². The lowest BCUT2D eigenvalue weighted by atomic mass is 9.67. The summed E-state index contributed by atoms with van der Waals surface area (Å²) < 4.78 is 5.50. The fraction of sp³-hybridized carbons (Fsp3) is 0.750. The number of hydrogen-bond donors (Lipinski definition) is 1. The third-order valence-corrected chi connectivity index (χ3v) is 6.51. The molecule has 4 nitrogen and oxygen atoms in total. The van der Waals surface area contributed by atoms with Gasteiger partial charge in [-0.05, 0) is 61.2 Å².